The van der Waals surface area contributed by atoms with Gasteiger partial charge < -0.3 is 24.6 Å². The molecule has 0 aromatic heterocycles. The van der Waals surface area contributed by atoms with E-state index in [0.29, 0.717) is 19.0 Å². The molecule has 1 aliphatic rings. The van der Waals surface area contributed by atoms with Gasteiger partial charge in [-0.05, 0) is 38.3 Å². The molecule has 1 saturated heterocycles. The molecular formula is C22H36N4O3. The number of nitrogens with zero attached hydrogens (tertiary/aromatic N) is 3. The average Bonchev–Trinajstić information content (AvgIpc) is 3.11. The number of amides is 1. The van der Waals surface area contributed by atoms with Crippen molar-refractivity contribution in [2.24, 2.45) is 10.9 Å². The summed E-state index contributed by atoms with van der Waals surface area (Å²) in [6, 6.07) is 8.25. The predicted molar refractivity (Wildman–Crippen MR) is 116 cm³/mol. The fraction of sp³-hybridized carbons (Fsp3) is 0.636. The van der Waals surface area contributed by atoms with Gasteiger partial charge in [-0.15, -0.1) is 0 Å². The first-order valence-corrected chi connectivity index (χ1v) is 10.2. The molecule has 1 N–H and O–H groups in total. The van der Waals surface area contributed by atoms with Crippen molar-refractivity contribution in [3.63, 3.8) is 0 Å². The number of aliphatic imine (C=N–C) groups is 1. The summed E-state index contributed by atoms with van der Waals surface area (Å²) in [6.07, 6.45) is 0.818. The maximum atomic E-state index is 12.1. The zero-order valence-electron chi connectivity index (χ0n) is 18.7. The number of hydrogen-bond acceptors (Lipinski definition) is 4. The predicted octanol–water partition coefficient (Wildman–Crippen LogP) is 3.10. The normalized spacial score (nSPS) is 17.4. The maximum absolute atomic E-state index is 12.1. The number of rotatable bonds is 6. The molecule has 7 heteroatoms. The second-order valence-corrected chi connectivity index (χ2v) is 8.61. The van der Waals surface area contributed by atoms with Crippen molar-refractivity contribution in [3.8, 4) is 0 Å². The Morgan fingerprint density at radius 3 is 2.52 bits per heavy atom. The van der Waals surface area contributed by atoms with Crippen LogP contribution < -0.4 is 5.32 Å². The van der Waals surface area contributed by atoms with Crippen LogP contribution in [0.2, 0.25) is 0 Å². The van der Waals surface area contributed by atoms with Crippen LogP contribution >= 0.6 is 0 Å². The van der Waals surface area contributed by atoms with Crippen molar-refractivity contribution in [2.45, 2.75) is 45.9 Å². The molecule has 2 rings (SSSR count). The molecule has 1 aliphatic heterocycles. The summed E-state index contributed by atoms with van der Waals surface area (Å²) in [5.41, 5.74) is 1.74. The van der Waals surface area contributed by atoms with Crippen molar-refractivity contribution in [3.05, 3.63) is 35.4 Å². The van der Waals surface area contributed by atoms with E-state index in [9.17, 15) is 4.79 Å². The highest BCUT2D eigenvalue weighted by atomic mass is 16.6. The Labute approximate surface area is 175 Å². The minimum absolute atomic E-state index is 0.315. The van der Waals surface area contributed by atoms with Crippen molar-refractivity contribution in [2.75, 3.05) is 40.9 Å². The monoisotopic (exact) mass is 404 g/mol. The van der Waals surface area contributed by atoms with Crippen molar-refractivity contribution >= 4 is 12.1 Å². The molecule has 1 aromatic carbocycles. The first kappa shape index (κ1) is 23.0. The van der Waals surface area contributed by atoms with Gasteiger partial charge in [-0.1, -0.05) is 24.3 Å². The van der Waals surface area contributed by atoms with Gasteiger partial charge in [0.05, 0.1) is 6.61 Å². The first-order valence-electron chi connectivity index (χ1n) is 10.2. The van der Waals surface area contributed by atoms with Crippen molar-refractivity contribution in [1.82, 2.24) is 15.1 Å². The van der Waals surface area contributed by atoms with Gasteiger partial charge in [0.25, 0.3) is 0 Å². The van der Waals surface area contributed by atoms with Crippen LogP contribution in [0.3, 0.4) is 0 Å². The number of nitrogens with one attached hydrogen (secondary N) is 1. The number of hydrogen-bond donors (Lipinski definition) is 1. The zero-order chi connectivity index (χ0) is 21.4. The third-order valence-corrected chi connectivity index (χ3v) is 4.80. The summed E-state index contributed by atoms with van der Waals surface area (Å²) in [5.74, 6) is 1.50. The zero-order valence-corrected chi connectivity index (χ0v) is 18.7. The van der Waals surface area contributed by atoms with Gasteiger partial charge in [0.1, 0.15) is 5.60 Å². The lowest BCUT2D eigenvalue weighted by atomic mass is 10.1. The van der Waals surface area contributed by atoms with Gasteiger partial charge in [0, 0.05) is 53.3 Å². The molecule has 0 saturated carbocycles. The van der Waals surface area contributed by atoms with E-state index in [-0.39, 0.29) is 6.09 Å². The van der Waals surface area contributed by atoms with Crippen LogP contribution in [-0.4, -0.2) is 68.4 Å². The lowest BCUT2D eigenvalue weighted by Crippen LogP contribution is -2.39. The summed E-state index contributed by atoms with van der Waals surface area (Å²) in [4.78, 5) is 20.4. The number of likely N-dealkylation sites (tertiary alicyclic amines) is 1. The van der Waals surface area contributed by atoms with Crippen molar-refractivity contribution in [1.29, 1.82) is 0 Å². The molecule has 0 spiro atoms. The van der Waals surface area contributed by atoms with Crippen LogP contribution in [0.4, 0.5) is 4.79 Å². The number of methoxy groups -OCH3 is 1. The lowest BCUT2D eigenvalue weighted by Gasteiger charge is -2.24. The third kappa shape index (κ3) is 7.57. The van der Waals surface area contributed by atoms with E-state index in [2.05, 4.69) is 27.3 Å². The highest BCUT2D eigenvalue weighted by Gasteiger charge is 2.24. The Morgan fingerprint density at radius 2 is 1.93 bits per heavy atom. The summed E-state index contributed by atoms with van der Waals surface area (Å²) >= 11 is 0. The molecule has 1 atom stereocenters. The Hall–Kier alpha value is -2.28. The van der Waals surface area contributed by atoms with E-state index in [0.717, 1.165) is 37.6 Å². The van der Waals surface area contributed by atoms with Crippen LogP contribution in [0.5, 0.6) is 0 Å². The van der Waals surface area contributed by atoms with Crippen LogP contribution in [0.25, 0.3) is 0 Å². The third-order valence-electron chi connectivity index (χ3n) is 4.80. The Morgan fingerprint density at radius 1 is 1.28 bits per heavy atom. The minimum atomic E-state index is -0.488. The summed E-state index contributed by atoms with van der Waals surface area (Å²) in [7, 11) is 5.33. The second kappa shape index (κ2) is 10.5. The molecule has 1 unspecified atom stereocenters. The van der Waals surface area contributed by atoms with Gasteiger partial charge in [0.2, 0.25) is 0 Å². The summed E-state index contributed by atoms with van der Waals surface area (Å²) in [6.45, 7) is 9.61. The maximum Gasteiger partial charge on any atom is 0.410 e. The van der Waals surface area contributed by atoms with E-state index in [1.165, 1.54) is 5.56 Å². The largest absolute Gasteiger partial charge is 0.444 e. The van der Waals surface area contributed by atoms with Gasteiger partial charge in [0.15, 0.2) is 5.96 Å². The number of carbonyl (C=O) groups is 1. The SMILES string of the molecule is CN=C(NCc1ccc(CN(C)C(=O)OC(C)(C)C)cc1)N1CCC(COC)C1. The number of guanidine groups is 1. The Balaban J connectivity index is 1.83. The van der Waals surface area contributed by atoms with E-state index >= 15 is 0 Å². The van der Waals surface area contributed by atoms with Crippen molar-refractivity contribution < 1.29 is 14.3 Å². The fourth-order valence-corrected chi connectivity index (χ4v) is 3.35. The lowest BCUT2D eigenvalue weighted by molar-refractivity contribution is 0.0285. The molecule has 1 heterocycles. The van der Waals surface area contributed by atoms with Gasteiger partial charge in [-0.25, -0.2) is 4.79 Å². The molecule has 1 amide bonds. The average molecular weight is 405 g/mol. The molecule has 0 bridgehead atoms. The Kier molecular flexibility index (Phi) is 8.32. The first-order chi connectivity index (χ1) is 13.7. The van der Waals surface area contributed by atoms with E-state index in [1.807, 2.05) is 40.0 Å². The van der Waals surface area contributed by atoms with E-state index in [4.69, 9.17) is 9.47 Å². The Bertz CT molecular complexity index is 682. The molecule has 162 valence electrons. The van der Waals surface area contributed by atoms with Crippen LogP contribution in [0.1, 0.15) is 38.3 Å². The molecule has 0 radical (unpaired) electrons. The van der Waals surface area contributed by atoms with Gasteiger partial charge >= 0.3 is 6.09 Å². The van der Waals surface area contributed by atoms with Crippen LogP contribution in [0.15, 0.2) is 29.3 Å². The summed E-state index contributed by atoms with van der Waals surface area (Å²) in [5, 5.41) is 3.45. The smallest absolute Gasteiger partial charge is 0.410 e. The van der Waals surface area contributed by atoms with E-state index < -0.39 is 5.60 Å². The van der Waals surface area contributed by atoms with Gasteiger partial charge in [-0.3, -0.25) is 4.99 Å². The van der Waals surface area contributed by atoms with E-state index in [1.54, 1.807) is 19.1 Å². The molecule has 7 nitrogen and oxygen atoms in total. The highest BCUT2D eigenvalue weighted by molar-refractivity contribution is 5.80. The molecule has 29 heavy (non-hydrogen) atoms. The topological polar surface area (TPSA) is 66.4 Å². The number of carbonyl (C=O) groups excluding carboxylic acids is 1. The van der Waals surface area contributed by atoms with Crippen LogP contribution in [0, 0.1) is 5.92 Å². The second-order valence-electron chi connectivity index (χ2n) is 8.61. The quantitative estimate of drug-likeness (QED) is 0.583. The molecule has 0 aliphatic carbocycles. The fourth-order valence-electron chi connectivity index (χ4n) is 3.35. The summed E-state index contributed by atoms with van der Waals surface area (Å²) < 4.78 is 10.7. The number of benzene rings is 1. The van der Waals surface area contributed by atoms with Gasteiger partial charge in [-0.2, -0.15) is 0 Å². The molecule has 1 fully saturated rings. The minimum Gasteiger partial charge on any atom is -0.444 e. The van der Waals surface area contributed by atoms with Crippen LogP contribution in [-0.2, 0) is 22.6 Å². The standard InChI is InChI=1S/C22H36N4O3/c1-22(2,3)29-21(27)25(5)14-18-9-7-17(8-10-18)13-24-20(23-4)26-12-11-19(15-26)16-28-6/h7-10,19H,11-16H2,1-6H3,(H,23,24). The number of ether oxygens (including phenoxy) is 2. The molecular weight excluding hydrogens is 368 g/mol. The molecule has 1 aromatic rings. The highest BCUT2D eigenvalue weighted by Crippen LogP contribution is 2.17.